The van der Waals surface area contributed by atoms with Crippen molar-refractivity contribution in [2.45, 2.75) is 45.6 Å². The van der Waals surface area contributed by atoms with E-state index < -0.39 is 5.60 Å². The van der Waals surface area contributed by atoms with Crippen LogP contribution in [0.3, 0.4) is 0 Å². The quantitative estimate of drug-likeness (QED) is 0.619. The number of hydrogen-bond acceptors (Lipinski definition) is 3. The Morgan fingerprint density at radius 1 is 1.50 bits per heavy atom. The fraction of sp³-hybridized carbons (Fsp3) is 0.786. The number of ether oxygens (including phenoxy) is 1. The summed E-state index contributed by atoms with van der Waals surface area (Å²) in [6.07, 6.45) is 5.23. The minimum absolute atomic E-state index is 0.201. The van der Waals surface area contributed by atoms with Crippen molar-refractivity contribution in [2.75, 3.05) is 26.7 Å². The highest BCUT2D eigenvalue weighted by Crippen LogP contribution is 2.18. The maximum absolute atomic E-state index is 11.8. The Kier molecular flexibility index (Phi) is 5.66. The van der Waals surface area contributed by atoms with Gasteiger partial charge in [-0.25, -0.2) is 4.79 Å². The molecule has 1 aliphatic heterocycles. The van der Waals surface area contributed by atoms with E-state index in [2.05, 4.69) is 11.4 Å². The third-order valence-corrected chi connectivity index (χ3v) is 2.88. The van der Waals surface area contributed by atoms with Crippen LogP contribution in [-0.4, -0.2) is 43.3 Å². The Hall–Kier alpha value is -1.03. The van der Waals surface area contributed by atoms with Crippen molar-refractivity contribution in [3.63, 3.8) is 0 Å². The molecule has 0 saturated heterocycles. The molecule has 104 valence electrons. The molecular weight excluding hydrogens is 228 g/mol. The highest BCUT2D eigenvalue weighted by Gasteiger charge is 2.23. The third-order valence-electron chi connectivity index (χ3n) is 2.88. The highest BCUT2D eigenvalue weighted by atomic mass is 16.6. The molecule has 0 unspecified atom stereocenters. The van der Waals surface area contributed by atoms with Gasteiger partial charge in [0.2, 0.25) is 0 Å². The molecule has 0 aromatic carbocycles. The molecule has 1 amide bonds. The van der Waals surface area contributed by atoms with Gasteiger partial charge in [0, 0.05) is 13.1 Å². The first-order valence-electron chi connectivity index (χ1n) is 6.73. The van der Waals surface area contributed by atoms with E-state index in [1.54, 1.807) is 4.90 Å². The summed E-state index contributed by atoms with van der Waals surface area (Å²) in [7, 11) is 1.97. The highest BCUT2D eigenvalue weighted by molar-refractivity contribution is 5.68. The molecular formula is C14H26N2O2. The van der Waals surface area contributed by atoms with Crippen molar-refractivity contribution in [3.8, 4) is 0 Å². The number of carbonyl (C=O) groups is 1. The Labute approximate surface area is 110 Å². The van der Waals surface area contributed by atoms with Gasteiger partial charge in [0.05, 0.1) is 0 Å². The summed E-state index contributed by atoms with van der Waals surface area (Å²) in [5, 5.41) is 3.15. The zero-order chi connectivity index (χ0) is 13.6. The first kappa shape index (κ1) is 15.0. The minimum Gasteiger partial charge on any atom is -0.444 e. The second kappa shape index (κ2) is 6.78. The zero-order valence-corrected chi connectivity index (χ0v) is 12.1. The standard InChI is InChI=1S/C14H26N2O2/c1-14(2,3)18-13(17)16-10-7-12(8-11-16)6-5-9-15-4/h7,15H,5-6,8-11H2,1-4H3. The van der Waals surface area contributed by atoms with Gasteiger partial charge < -0.3 is 15.0 Å². The van der Waals surface area contributed by atoms with Crippen molar-refractivity contribution < 1.29 is 9.53 Å². The lowest BCUT2D eigenvalue weighted by Crippen LogP contribution is -2.39. The molecule has 0 spiro atoms. The number of nitrogens with one attached hydrogen (secondary N) is 1. The van der Waals surface area contributed by atoms with Crippen molar-refractivity contribution in [3.05, 3.63) is 11.6 Å². The Morgan fingerprint density at radius 3 is 2.72 bits per heavy atom. The van der Waals surface area contributed by atoms with Gasteiger partial charge >= 0.3 is 6.09 Å². The van der Waals surface area contributed by atoms with E-state index in [1.165, 1.54) is 5.57 Å². The van der Waals surface area contributed by atoms with Crippen LogP contribution in [0.4, 0.5) is 4.79 Å². The summed E-state index contributed by atoms with van der Waals surface area (Å²) >= 11 is 0. The maximum Gasteiger partial charge on any atom is 0.410 e. The lowest BCUT2D eigenvalue weighted by atomic mass is 10.0. The SMILES string of the molecule is CNCCCC1=CCN(C(=O)OC(C)(C)C)CC1. The molecule has 0 atom stereocenters. The molecule has 0 bridgehead atoms. The van der Waals surface area contributed by atoms with Crippen LogP contribution in [-0.2, 0) is 4.74 Å². The summed E-state index contributed by atoms with van der Waals surface area (Å²) in [5.41, 5.74) is 1.05. The Balaban J connectivity index is 2.35. The average Bonchev–Trinajstić information content (AvgIpc) is 2.28. The first-order chi connectivity index (χ1) is 8.42. The Bertz CT molecular complexity index is 305. The van der Waals surface area contributed by atoms with E-state index in [9.17, 15) is 4.79 Å². The second-order valence-corrected chi connectivity index (χ2v) is 5.75. The van der Waals surface area contributed by atoms with Gasteiger partial charge in [0.15, 0.2) is 0 Å². The van der Waals surface area contributed by atoms with Gasteiger partial charge in [-0.1, -0.05) is 11.6 Å². The minimum atomic E-state index is -0.409. The fourth-order valence-electron chi connectivity index (χ4n) is 1.92. The van der Waals surface area contributed by atoms with Gasteiger partial charge in [0.25, 0.3) is 0 Å². The lowest BCUT2D eigenvalue weighted by Gasteiger charge is -2.29. The molecule has 1 N–H and O–H groups in total. The summed E-state index contributed by atoms with van der Waals surface area (Å²) in [6.45, 7) is 8.20. The first-order valence-corrected chi connectivity index (χ1v) is 6.73. The molecule has 1 aliphatic rings. The molecule has 0 fully saturated rings. The smallest absolute Gasteiger partial charge is 0.410 e. The van der Waals surface area contributed by atoms with Crippen LogP contribution in [0.1, 0.15) is 40.0 Å². The van der Waals surface area contributed by atoms with Crippen molar-refractivity contribution >= 4 is 6.09 Å². The van der Waals surface area contributed by atoms with Gasteiger partial charge in [-0.2, -0.15) is 0 Å². The van der Waals surface area contributed by atoms with Crippen LogP contribution in [0, 0.1) is 0 Å². The third kappa shape index (κ3) is 5.54. The molecule has 0 aliphatic carbocycles. The van der Waals surface area contributed by atoms with E-state index >= 15 is 0 Å². The maximum atomic E-state index is 11.8. The number of hydrogen-bond donors (Lipinski definition) is 1. The molecule has 18 heavy (non-hydrogen) atoms. The van der Waals surface area contributed by atoms with Crippen LogP contribution in [0.15, 0.2) is 11.6 Å². The summed E-state index contributed by atoms with van der Waals surface area (Å²) < 4.78 is 5.36. The lowest BCUT2D eigenvalue weighted by molar-refractivity contribution is 0.0265. The van der Waals surface area contributed by atoms with E-state index in [-0.39, 0.29) is 6.09 Å². The van der Waals surface area contributed by atoms with E-state index in [4.69, 9.17) is 4.74 Å². The molecule has 0 saturated carbocycles. The van der Waals surface area contributed by atoms with E-state index in [0.29, 0.717) is 6.54 Å². The zero-order valence-electron chi connectivity index (χ0n) is 12.1. The molecule has 1 heterocycles. The van der Waals surface area contributed by atoms with Crippen LogP contribution in [0.5, 0.6) is 0 Å². The summed E-state index contributed by atoms with van der Waals surface area (Å²) in [4.78, 5) is 13.6. The monoisotopic (exact) mass is 254 g/mol. The van der Waals surface area contributed by atoms with Crippen molar-refractivity contribution in [2.24, 2.45) is 0 Å². The summed E-state index contributed by atoms with van der Waals surface area (Å²) in [6, 6.07) is 0. The summed E-state index contributed by atoms with van der Waals surface area (Å²) in [5.74, 6) is 0. The molecule has 4 heteroatoms. The largest absolute Gasteiger partial charge is 0.444 e. The topological polar surface area (TPSA) is 41.6 Å². The van der Waals surface area contributed by atoms with Gasteiger partial charge in [-0.3, -0.25) is 0 Å². The Morgan fingerprint density at radius 2 is 2.22 bits per heavy atom. The molecule has 0 aromatic rings. The van der Waals surface area contributed by atoms with Crippen LogP contribution in [0.25, 0.3) is 0 Å². The predicted octanol–water partition coefficient (Wildman–Crippen LogP) is 2.55. The fourth-order valence-corrected chi connectivity index (χ4v) is 1.92. The van der Waals surface area contributed by atoms with Crippen LogP contribution >= 0.6 is 0 Å². The number of amides is 1. The molecule has 0 radical (unpaired) electrons. The normalized spacial score (nSPS) is 16.4. The second-order valence-electron chi connectivity index (χ2n) is 5.75. The molecule has 4 nitrogen and oxygen atoms in total. The van der Waals surface area contributed by atoms with Gasteiger partial charge in [-0.15, -0.1) is 0 Å². The molecule has 1 rings (SSSR count). The predicted molar refractivity (Wildman–Crippen MR) is 73.7 cm³/mol. The van der Waals surface area contributed by atoms with E-state index in [0.717, 1.165) is 32.4 Å². The number of carbonyl (C=O) groups excluding carboxylic acids is 1. The van der Waals surface area contributed by atoms with Crippen molar-refractivity contribution in [1.29, 1.82) is 0 Å². The van der Waals surface area contributed by atoms with Gasteiger partial charge in [-0.05, 0) is 53.6 Å². The number of nitrogens with zero attached hydrogens (tertiary/aromatic N) is 1. The van der Waals surface area contributed by atoms with Crippen molar-refractivity contribution in [1.82, 2.24) is 10.2 Å². The number of rotatable bonds is 4. The van der Waals surface area contributed by atoms with Crippen LogP contribution in [0.2, 0.25) is 0 Å². The average molecular weight is 254 g/mol. The molecule has 0 aromatic heterocycles. The van der Waals surface area contributed by atoms with Gasteiger partial charge in [0.1, 0.15) is 5.60 Å². The van der Waals surface area contributed by atoms with E-state index in [1.807, 2.05) is 27.8 Å². The van der Waals surface area contributed by atoms with Crippen LogP contribution < -0.4 is 5.32 Å².